The van der Waals surface area contributed by atoms with E-state index in [1.54, 1.807) is 41.9 Å². The summed E-state index contributed by atoms with van der Waals surface area (Å²) in [5.41, 5.74) is -0.834. The molecular formula is C26H25ClF3N4O2-. The predicted octanol–water partition coefficient (Wildman–Crippen LogP) is 5.60. The monoisotopic (exact) mass is 517 g/mol. The van der Waals surface area contributed by atoms with Gasteiger partial charge in [-0.05, 0) is 62.1 Å². The van der Waals surface area contributed by atoms with E-state index in [-0.39, 0.29) is 28.8 Å². The van der Waals surface area contributed by atoms with Crippen LogP contribution in [0.3, 0.4) is 0 Å². The van der Waals surface area contributed by atoms with Crippen molar-refractivity contribution >= 4 is 23.4 Å². The van der Waals surface area contributed by atoms with Gasteiger partial charge in [0, 0.05) is 24.6 Å². The Kier molecular flexibility index (Phi) is 6.01. The highest BCUT2D eigenvalue weighted by atomic mass is 35.5. The third kappa shape index (κ3) is 4.13. The van der Waals surface area contributed by atoms with Gasteiger partial charge in [-0.25, -0.2) is 0 Å². The van der Waals surface area contributed by atoms with Gasteiger partial charge in [-0.3, -0.25) is 0 Å². The minimum atomic E-state index is -4.50. The number of nitrogens with zero attached hydrogens (tertiary/aromatic N) is 4. The predicted molar refractivity (Wildman–Crippen MR) is 127 cm³/mol. The van der Waals surface area contributed by atoms with Crippen LogP contribution in [-0.4, -0.2) is 27.4 Å². The quantitative estimate of drug-likeness (QED) is 0.442. The van der Waals surface area contributed by atoms with Gasteiger partial charge in [0.1, 0.15) is 11.9 Å². The minimum Gasteiger partial charge on any atom is -0.530 e. The lowest BCUT2D eigenvalue weighted by Crippen LogP contribution is -2.53. The number of fused-ring (bicyclic) bond motifs is 3. The number of alkyl halides is 3. The molecule has 10 heteroatoms. The number of carbonyl (C=O) groups excluding carboxylic acids is 1. The van der Waals surface area contributed by atoms with Gasteiger partial charge in [0.2, 0.25) is 0 Å². The number of carboxylic acid groups (broad SMARTS) is 1. The molecule has 3 fully saturated rings. The van der Waals surface area contributed by atoms with Crippen LogP contribution in [-0.2, 0) is 18.6 Å². The van der Waals surface area contributed by atoms with Gasteiger partial charge >= 0.3 is 6.18 Å². The van der Waals surface area contributed by atoms with Gasteiger partial charge in [0.15, 0.2) is 5.82 Å². The summed E-state index contributed by atoms with van der Waals surface area (Å²) in [6.45, 7) is 0.290. The fourth-order valence-corrected chi connectivity index (χ4v) is 6.28. The van der Waals surface area contributed by atoms with Crippen LogP contribution in [0.1, 0.15) is 49.9 Å². The Hall–Kier alpha value is -3.07. The van der Waals surface area contributed by atoms with Crippen LogP contribution in [0, 0.1) is 5.41 Å². The first-order valence-electron chi connectivity index (χ1n) is 11.8. The standard InChI is InChI=1S/C26H26ClF3N4O2/c1-33-21(17-6-2-3-7-18(17)26(28,29)30)31-32-22(33)25-13-10-24(11-14-25,12-15-25)16-34(23(35)36)20-9-5-4-8-19(20)27/h2-9H,10-16H2,1H3,(H,35,36)/p-1. The first-order valence-corrected chi connectivity index (χ1v) is 12.2. The van der Waals surface area contributed by atoms with Crippen molar-refractivity contribution in [2.45, 2.75) is 50.1 Å². The van der Waals surface area contributed by atoms with E-state index in [9.17, 15) is 23.1 Å². The highest BCUT2D eigenvalue weighted by Gasteiger charge is 2.52. The van der Waals surface area contributed by atoms with Crippen LogP contribution >= 0.6 is 11.6 Å². The molecule has 6 rings (SSSR count). The van der Waals surface area contributed by atoms with Crippen molar-refractivity contribution in [1.82, 2.24) is 14.8 Å². The van der Waals surface area contributed by atoms with Crippen LogP contribution < -0.4 is 10.0 Å². The van der Waals surface area contributed by atoms with E-state index in [1.165, 1.54) is 17.0 Å². The van der Waals surface area contributed by atoms with Gasteiger partial charge in [0.05, 0.1) is 16.3 Å². The molecule has 6 nitrogen and oxygen atoms in total. The molecule has 2 bridgehead atoms. The lowest BCUT2D eigenvalue weighted by atomic mass is 9.53. The van der Waals surface area contributed by atoms with Crippen molar-refractivity contribution in [3.8, 4) is 11.4 Å². The Labute approximate surface area is 211 Å². The lowest BCUT2D eigenvalue weighted by molar-refractivity contribution is -0.247. The largest absolute Gasteiger partial charge is 0.530 e. The normalized spacial score (nSPS) is 23.6. The van der Waals surface area contributed by atoms with Crippen molar-refractivity contribution in [3.05, 3.63) is 64.9 Å². The summed E-state index contributed by atoms with van der Waals surface area (Å²) in [6, 6.07) is 12.2. The Bertz CT molecular complexity index is 1280. The van der Waals surface area contributed by atoms with Crippen molar-refractivity contribution in [2.75, 3.05) is 11.4 Å². The number of carbonyl (C=O) groups is 1. The number of rotatable bonds is 5. The Balaban J connectivity index is 1.40. The third-order valence-corrected chi connectivity index (χ3v) is 8.40. The molecule has 3 aromatic rings. The van der Waals surface area contributed by atoms with Crippen molar-refractivity contribution < 1.29 is 23.1 Å². The van der Waals surface area contributed by atoms with E-state index in [0.717, 1.165) is 44.6 Å². The van der Waals surface area contributed by atoms with Gasteiger partial charge < -0.3 is 19.4 Å². The van der Waals surface area contributed by atoms with E-state index < -0.39 is 17.8 Å². The summed E-state index contributed by atoms with van der Waals surface area (Å²) in [5, 5.41) is 20.9. The molecule has 2 aromatic carbocycles. The number of anilines is 1. The second-order valence-corrected chi connectivity index (χ2v) is 10.4. The number of halogens is 4. The lowest BCUT2D eigenvalue weighted by Gasteiger charge is -2.54. The molecule has 190 valence electrons. The zero-order valence-corrected chi connectivity index (χ0v) is 20.4. The second kappa shape index (κ2) is 8.80. The van der Waals surface area contributed by atoms with E-state index in [1.807, 2.05) is 0 Å². The molecule has 0 spiro atoms. The van der Waals surface area contributed by atoms with Crippen LogP contribution in [0.2, 0.25) is 5.02 Å². The fraction of sp³-hybridized carbons (Fsp3) is 0.423. The fourth-order valence-electron chi connectivity index (χ4n) is 6.04. The van der Waals surface area contributed by atoms with Crippen molar-refractivity contribution in [1.29, 1.82) is 0 Å². The first kappa shape index (κ1) is 24.6. The maximum atomic E-state index is 13.6. The molecule has 1 amide bonds. The number of aromatic nitrogens is 3. The van der Waals surface area contributed by atoms with Crippen LogP contribution in [0.4, 0.5) is 23.7 Å². The Morgan fingerprint density at radius 1 is 1.03 bits per heavy atom. The van der Waals surface area contributed by atoms with E-state index >= 15 is 0 Å². The van der Waals surface area contributed by atoms with Crippen LogP contribution in [0.25, 0.3) is 11.4 Å². The topological polar surface area (TPSA) is 74.1 Å². The maximum Gasteiger partial charge on any atom is 0.417 e. The molecule has 1 aromatic heterocycles. The van der Waals surface area contributed by atoms with Gasteiger partial charge in [-0.15, -0.1) is 10.2 Å². The molecule has 0 atom stereocenters. The molecule has 0 N–H and O–H groups in total. The Morgan fingerprint density at radius 3 is 2.25 bits per heavy atom. The SMILES string of the molecule is Cn1c(-c2ccccc2C(F)(F)F)nnc1C12CCC(CN(C(=O)[O-])c3ccccc3Cl)(CC1)CC2. The second-order valence-electron chi connectivity index (χ2n) is 10.0. The number of para-hydroxylation sites is 1. The molecule has 0 saturated heterocycles. The molecule has 36 heavy (non-hydrogen) atoms. The van der Waals surface area contributed by atoms with Crippen LogP contribution in [0.15, 0.2) is 48.5 Å². The summed E-state index contributed by atoms with van der Waals surface area (Å²) in [4.78, 5) is 13.2. The van der Waals surface area contributed by atoms with Gasteiger partial charge in [0.25, 0.3) is 0 Å². The number of benzene rings is 2. The molecule has 3 aliphatic carbocycles. The van der Waals surface area contributed by atoms with E-state index in [2.05, 4.69) is 10.2 Å². The van der Waals surface area contributed by atoms with Gasteiger partial charge in [-0.1, -0.05) is 41.9 Å². The highest BCUT2D eigenvalue weighted by Crippen LogP contribution is 2.58. The zero-order valence-electron chi connectivity index (χ0n) is 19.7. The molecule has 3 aliphatic rings. The number of hydrogen-bond acceptors (Lipinski definition) is 4. The smallest absolute Gasteiger partial charge is 0.417 e. The molecule has 3 saturated carbocycles. The molecular weight excluding hydrogens is 493 g/mol. The summed E-state index contributed by atoms with van der Waals surface area (Å²) in [6.07, 6.45) is -1.23. The summed E-state index contributed by atoms with van der Waals surface area (Å²) in [7, 11) is 1.72. The van der Waals surface area contributed by atoms with Crippen molar-refractivity contribution in [2.24, 2.45) is 12.5 Å². The molecule has 1 heterocycles. The number of amides is 1. The average molecular weight is 518 g/mol. The van der Waals surface area contributed by atoms with E-state index in [4.69, 9.17) is 11.6 Å². The minimum absolute atomic E-state index is 0.00737. The van der Waals surface area contributed by atoms with Crippen LogP contribution in [0.5, 0.6) is 0 Å². The van der Waals surface area contributed by atoms with Gasteiger partial charge in [-0.2, -0.15) is 13.2 Å². The highest BCUT2D eigenvalue weighted by molar-refractivity contribution is 6.33. The molecule has 0 aliphatic heterocycles. The number of hydrogen-bond donors (Lipinski definition) is 0. The van der Waals surface area contributed by atoms with E-state index in [0.29, 0.717) is 16.5 Å². The molecule has 0 radical (unpaired) electrons. The van der Waals surface area contributed by atoms with Crippen molar-refractivity contribution in [3.63, 3.8) is 0 Å². The molecule has 0 unspecified atom stereocenters. The maximum absolute atomic E-state index is 13.6. The Morgan fingerprint density at radius 2 is 1.64 bits per heavy atom. The summed E-state index contributed by atoms with van der Waals surface area (Å²) >= 11 is 6.27. The summed E-state index contributed by atoms with van der Waals surface area (Å²) in [5.74, 6) is 0.877. The first-order chi connectivity index (χ1) is 17.1. The third-order valence-electron chi connectivity index (χ3n) is 8.08. The summed E-state index contributed by atoms with van der Waals surface area (Å²) < 4.78 is 42.5. The zero-order chi connectivity index (χ0) is 25.7. The average Bonchev–Trinajstić information content (AvgIpc) is 3.25.